The van der Waals surface area contributed by atoms with E-state index in [0.717, 1.165) is 9.50 Å². The van der Waals surface area contributed by atoms with Crippen molar-refractivity contribution in [2.45, 2.75) is 5.03 Å². The van der Waals surface area contributed by atoms with E-state index in [1.54, 1.807) is 6.20 Å². The molecule has 0 spiro atoms. The van der Waals surface area contributed by atoms with Crippen LogP contribution in [0, 0.1) is 11.3 Å². The summed E-state index contributed by atoms with van der Waals surface area (Å²) in [5.74, 6) is 0.0937. The number of nitriles is 1. The third-order valence-electron chi connectivity index (χ3n) is 1.43. The minimum Gasteiger partial charge on any atom is -0.342 e. The van der Waals surface area contributed by atoms with Crippen molar-refractivity contribution in [3.8, 4) is 6.07 Å². The van der Waals surface area contributed by atoms with E-state index in [0.29, 0.717) is 0 Å². The molecule has 0 aromatic carbocycles. The van der Waals surface area contributed by atoms with Gasteiger partial charge in [-0.25, -0.2) is 4.98 Å². The number of hydrogen-bond donors (Lipinski definition) is 1. The standard InChI is InChI=1S/C9H8BrN3OS/c10-7-2-1-4-13-9(7)15-6-8(14)12-5-3-11/h1-2,4H,5-6H2,(H,12,14). The third kappa shape index (κ3) is 4.32. The molecule has 0 unspecified atom stereocenters. The molecule has 1 aromatic rings. The summed E-state index contributed by atoms with van der Waals surface area (Å²) in [5, 5.41) is 11.5. The Kier molecular flexibility index (Phi) is 5.15. The maximum atomic E-state index is 11.2. The first kappa shape index (κ1) is 12.0. The molecular weight excluding hydrogens is 278 g/mol. The Morgan fingerprint density at radius 3 is 3.20 bits per heavy atom. The molecule has 0 radical (unpaired) electrons. The molecule has 78 valence electrons. The van der Waals surface area contributed by atoms with E-state index in [9.17, 15) is 4.79 Å². The van der Waals surface area contributed by atoms with Crippen LogP contribution in [0.3, 0.4) is 0 Å². The molecule has 4 nitrogen and oxygen atoms in total. The molecule has 0 aliphatic carbocycles. The van der Waals surface area contributed by atoms with Gasteiger partial charge in [0.2, 0.25) is 5.91 Å². The number of pyridine rings is 1. The van der Waals surface area contributed by atoms with E-state index in [-0.39, 0.29) is 18.2 Å². The first-order valence-electron chi connectivity index (χ1n) is 4.11. The van der Waals surface area contributed by atoms with E-state index in [4.69, 9.17) is 5.26 Å². The fourth-order valence-electron chi connectivity index (χ4n) is 0.800. The number of carbonyl (C=O) groups excluding carboxylic acids is 1. The van der Waals surface area contributed by atoms with E-state index in [1.165, 1.54) is 11.8 Å². The Hall–Kier alpha value is -1.06. The van der Waals surface area contributed by atoms with Crippen LogP contribution in [0.25, 0.3) is 0 Å². The highest BCUT2D eigenvalue weighted by molar-refractivity contribution is 9.10. The fourth-order valence-corrected chi connectivity index (χ4v) is 2.11. The van der Waals surface area contributed by atoms with Gasteiger partial charge in [0.15, 0.2) is 0 Å². The maximum absolute atomic E-state index is 11.2. The summed E-state index contributed by atoms with van der Waals surface area (Å²) in [4.78, 5) is 15.3. The van der Waals surface area contributed by atoms with Gasteiger partial charge in [-0.1, -0.05) is 11.8 Å². The number of halogens is 1. The highest BCUT2D eigenvalue weighted by Gasteiger charge is 2.05. The van der Waals surface area contributed by atoms with Gasteiger partial charge < -0.3 is 5.32 Å². The molecule has 0 saturated carbocycles. The highest BCUT2D eigenvalue weighted by Crippen LogP contribution is 2.23. The second kappa shape index (κ2) is 6.43. The first-order chi connectivity index (χ1) is 7.24. The maximum Gasteiger partial charge on any atom is 0.231 e. The Balaban J connectivity index is 2.41. The Morgan fingerprint density at radius 2 is 2.53 bits per heavy atom. The van der Waals surface area contributed by atoms with Crippen molar-refractivity contribution in [3.05, 3.63) is 22.8 Å². The lowest BCUT2D eigenvalue weighted by Crippen LogP contribution is -2.25. The molecule has 0 aliphatic rings. The van der Waals surface area contributed by atoms with Gasteiger partial charge in [0.25, 0.3) is 0 Å². The van der Waals surface area contributed by atoms with Crippen molar-refractivity contribution >= 4 is 33.6 Å². The average Bonchev–Trinajstić information content (AvgIpc) is 2.25. The molecule has 1 heterocycles. The topological polar surface area (TPSA) is 65.8 Å². The van der Waals surface area contributed by atoms with Crippen molar-refractivity contribution in [2.24, 2.45) is 0 Å². The Morgan fingerprint density at radius 1 is 1.73 bits per heavy atom. The highest BCUT2D eigenvalue weighted by atomic mass is 79.9. The van der Waals surface area contributed by atoms with Crippen LogP contribution < -0.4 is 5.32 Å². The molecule has 1 N–H and O–H groups in total. The second-order valence-corrected chi connectivity index (χ2v) is 4.33. The van der Waals surface area contributed by atoms with Gasteiger partial charge in [-0.2, -0.15) is 5.26 Å². The van der Waals surface area contributed by atoms with Gasteiger partial charge in [0, 0.05) is 10.7 Å². The molecule has 1 rings (SSSR count). The van der Waals surface area contributed by atoms with E-state index >= 15 is 0 Å². The number of hydrogen-bond acceptors (Lipinski definition) is 4. The van der Waals surface area contributed by atoms with E-state index < -0.39 is 0 Å². The number of aromatic nitrogens is 1. The van der Waals surface area contributed by atoms with Crippen molar-refractivity contribution in [1.29, 1.82) is 5.26 Å². The molecule has 0 atom stereocenters. The van der Waals surface area contributed by atoms with Crippen LogP contribution in [0.1, 0.15) is 0 Å². The minimum absolute atomic E-state index is 0.0444. The van der Waals surface area contributed by atoms with Crippen molar-refractivity contribution < 1.29 is 4.79 Å². The molecule has 1 aromatic heterocycles. The van der Waals surface area contributed by atoms with Crippen molar-refractivity contribution in [2.75, 3.05) is 12.3 Å². The molecule has 6 heteroatoms. The lowest BCUT2D eigenvalue weighted by atomic mass is 10.5. The molecule has 0 fully saturated rings. The number of rotatable bonds is 4. The van der Waals surface area contributed by atoms with Gasteiger partial charge in [0.05, 0.1) is 11.8 Å². The summed E-state index contributed by atoms with van der Waals surface area (Å²) in [6, 6.07) is 5.52. The Labute approximate surface area is 100 Å². The minimum atomic E-state index is -0.167. The Bertz CT molecular complexity index is 391. The smallest absolute Gasteiger partial charge is 0.231 e. The van der Waals surface area contributed by atoms with Crippen molar-refractivity contribution in [1.82, 2.24) is 10.3 Å². The number of carbonyl (C=O) groups is 1. The number of nitrogens with one attached hydrogen (secondary N) is 1. The predicted octanol–water partition coefficient (Wildman–Crippen LogP) is 1.58. The summed E-state index contributed by atoms with van der Waals surface area (Å²) in [6.07, 6.45) is 1.67. The van der Waals surface area contributed by atoms with Crippen LogP contribution >= 0.6 is 27.7 Å². The number of thioether (sulfide) groups is 1. The monoisotopic (exact) mass is 285 g/mol. The van der Waals surface area contributed by atoms with Crippen LogP contribution in [0.15, 0.2) is 27.8 Å². The van der Waals surface area contributed by atoms with Gasteiger partial charge in [-0.15, -0.1) is 0 Å². The van der Waals surface area contributed by atoms with Crippen LogP contribution in [0.4, 0.5) is 0 Å². The zero-order valence-corrected chi connectivity index (χ0v) is 10.1. The predicted molar refractivity (Wildman–Crippen MR) is 61.3 cm³/mol. The van der Waals surface area contributed by atoms with E-state index in [1.807, 2.05) is 18.2 Å². The van der Waals surface area contributed by atoms with Crippen molar-refractivity contribution in [3.63, 3.8) is 0 Å². The van der Waals surface area contributed by atoms with Gasteiger partial charge in [-0.05, 0) is 28.1 Å². The average molecular weight is 286 g/mol. The van der Waals surface area contributed by atoms with Gasteiger partial charge in [-0.3, -0.25) is 4.79 Å². The van der Waals surface area contributed by atoms with Crippen LogP contribution in [0.5, 0.6) is 0 Å². The summed E-state index contributed by atoms with van der Waals surface area (Å²) < 4.78 is 0.864. The second-order valence-electron chi connectivity index (χ2n) is 2.51. The lowest BCUT2D eigenvalue weighted by Gasteiger charge is -2.02. The number of amides is 1. The SMILES string of the molecule is N#CCNC(=O)CSc1ncccc1Br. The largest absolute Gasteiger partial charge is 0.342 e. The van der Waals surface area contributed by atoms with E-state index in [2.05, 4.69) is 26.2 Å². The molecule has 0 aliphatic heterocycles. The fraction of sp³-hybridized carbons (Fsp3) is 0.222. The summed E-state index contributed by atoms with van der Waals surface area (Å²) in [5.41, 5.74) is 0. The molecule has 0 bridgehead atoms. The van der Waals surface area contributed by atoms with Gasteiger partial charge in [0.1, 0.15) is 11.6 Å². The summed E-state index contributed by atoms with van der Waals surface area (Å²) in [6.45, 7) is 0.0444. The summed E-state index contributed by atoms with van der Waals surface area (Å²) in [7, 11) is 0. The first-order valence-corrected chi connectivity index (χ1v) is 5.89. The van der Waals surface area contributed by atoms with Gasteiger partial charge >= 0.3 is 0 Å². The molecular formula is C9H8BrN3OS. The lowest BCUT2D eigenvalue weighted by molar-refractivity contribution is -0.118. The zero-order valence-electron chi connectivity index (χ0n) is 7.74. The third-order valence-corrected chi connectivity index (χ3v) is 3.34. The van der Waals surface area contributed by atoms with Crippen LogP contribution in [0.2, 0.25) is 0 Å². The molecule has 1 amide bonds. The zero-order chi connectivity index (χ0) is 11.1. The van der Waals surface area contributed by atoms with Crippen LogP contribution in [-0.4, -0.2) is 23.2 Å². The quantitative estimate of drug-likeness (QED) is 0.674. The number of nitrogens with zero attached hydrogens (tertiary/aromatic N) is 2. The normalized spacial score (nSPS) is 9.33. The molecule has 0 saturated heterocycles. The summed E-state index contributed by atoms with van der Waals surface area (Å²) >= 11 is 4.66. The van der Waals surface area contributed by atoms with Crippen LogP contribution in [-0.2, 0) is 4.79 Å². The molecule has 15 heavy (non-hydrogen) atoms.